The maximum absolute atomic E-state index is 12.7. The molecule has 1 aliphatic rings. The zero-order valence-corrected chi connectivity index (χ0v) is 15.0. The van der Waals surface area contributed by atoms with Gasteiger partial charge in [-0.3, -0.25) is 9.78 Å². The average molecular weight is 398 g/mol. The molecule has 0 N–H and O–H groups in total. The van der Waals surface area contributed by atoms with Gasteiger partial charge in [0.2, 0.25) is 5.91 Å². The molecular formula is C17H17F3N4O2S. The van der Waals surface area contributed by atoms with Crippen LogP contribution in [0, 0.1) is 0 Å². The van der Waals surface area contributed by atoms with E-state index in [1.165, 1.54) is 11.8 Å². The first kappa shape index (κ1) is 19.4. The van der Waals surface area contributed by atoms with Crippen LogP contribution in [0.2, 0.25) is 0 Å². The van der Waals surface area contributed by atoms with Crippen LogP contribution >= 0.6 is 11.8 Å². The van der Waals surface area contributed by atoms with Crippen LogP contribution in [-0.2, 0) is 11.0 Å². The number of hydrogen-bond donors (Lipinski definition) is 0. The number of hydrogen-bond acceptors (Lipinski definition) is 6. The van der Waals surface area contributed by atoms with Crippen molar-refractivity contribution < 1.29 is 22.7 Å². The minimum Gasteiger partial charge on any atom is -0.458 e. The van der Waals surface area contributed by atoms with E-state index in [2.05, 4.69) is 15.0 Å². The van der Waals surface area contributed by atoms with Crippen LogP contribution in [0.15, 0.2) is 41.7 Å². The summed E-state index contributed by atoms with van der Waals surface area (Å²) in [6.45, 7) is 0.897. The van der Waals surface area contributed by atoms with Gasteiger partial charge in [-0.2, -0.15) is 18.2 Å². The monoisotopic (exact) mass is 398 g/mol. The number of carbonyl (C=O) groups excluding carboxylic acids is 1. The third-order valence-corrected chi connectivity index (χ3v) is 4.94. The maximum Gasteiger partial charge on any atom is 0.433 e. The van der Waals surface area contributed by atoms with Crippen molar-refractivity contribution >= 4 is 17.7 Å². The van der Waals surface area contributed by atoms with Gasteiger partial charge in [0, 0.05) is 30.0 Å². The van der Waals surface area contributed by atoms with Crippen LogP contribution in [0.3, 0.4) is 0 Å². The van der Waals surface area contributed by atoms with Crippen LogP contribution in [0.5, 0.6) is 6.01 Å². The van der Waals surface area contributed by atoms with Gasteiger partial charge >= 0.3 is 12.2 Å². The van der Waals surface area contributed by atoms with Gasteiger partial charge in [0.25, 0.3) is 0 Å². The van der Waals surface area contributed by atoms with E-state index in [4.69, 9.17) is 4.74 Å². The second-order valence-electron chi connectivity index (χ2n) is 5.92. The molecule has 1 saturated heterocycles. The maximum atomic E-state index is 12.7. The van der Waals surface area contributed by atoms with Crippen molar-refractivity contribution in [1.82, 2.24) is 19.9 Å². The zero-order chi connectivity index (χ0) is 19.3. The van der Waals surface area contributed by atoms with Crippen LogP contribution in [0.1, 0.15) is 18.5 Å². The van der Waals surface area contributed by atoms with Crippen molar-refractivity contribution in [3.05, 3.63) is 42.5 Å². The number of carbonyl (C=O) groups is 1. The van der Waals surface area contributed by atoms with E-state index in [0.717, 1.165) is 17.2 Å². The van der Waals surface area contributed by atoms with E-state index in [9.17, 15) is 18.0 Å². The molecule has 2 aromatic heterocycles. The molecule has 6 nitrogen and oxygen atoms in total. The number of nitrogens with zero attached hydrogens (tertiary/aromatic N) is 4. The molecule has 1 aliphatic heterocycles. The predicted molar refractivity (Wildman–Crippen MR) is 92.2 cm³/mol. The average Bonchev–Trinajstić information content (AvgIpc) is 2.67. The second-order valence-corrected chi connectivity index (χ2v) is 6.96. The summed E-state index contributed by atoms with van der Waals surface area (Å²) < 4.78 is 43.7. The highest BCUT2D eigenvalue weighted by Gasteiger charge is 2.33. The number of amides is 1. The largest absolute Gasteiger partial charge is 0.458 e. The summed E-state index contributed by atoms with van der Waals surface area (Å²) in [6.07, 6.45) is 0.675. The van der Waals surface area contributed by atoms with Gasteiger partial charge in [0.05, 0.1) is 12.3 Å². The normalized spacial score (nSPS) is 17.6. The Morgan fingerprint density at radius 1 is 1.26 bits per heavy atom. The van der Waals surface area contributed by atoms with Crippen LogP contribution < -0.4 is 4.74 Å². The molecule has 0 spiro atoms. The number of piperidine rings is 1. The standard InChI is InChI=1S/C17H17F3N4O2S/c18-17(19,20)14-5-8-22-16(23-14)26-12-2-1-9-24(10-12)15(25)11-27-13-3-6-21-7-4-13/h3-8,12H,1-2,9-11H2. The fourth-order valence-corrected chi connectivity index (χ4v) is 3.42. The summed E-state index contributed by atoms with van der Waals surface area (Å²) in [4.78, 5) is 26.1. The summed E-state index contributed by atoms with van der Waals surface area (Å²) in [7, 11) is 0. The first-order valence-corrected chi connectivity index (χ1v) is 9.28. The lowest BCUT2D eigenvalue weighted by Gasteiger charge is -2.32. The molecule has 1 atom stereocenters. The minimum atomic E-state index is -4.56. The van der Waals surface area contributed by atoms with E-state index in [1.54, 1.807) is 17.3 Å². The summed E-state index contributed by atoms with van der Waals surface area (Å²) in [5, 5.41) is 0. The molecule has 3 rings (SSSR count). The Morgan fingerprint density at radius 2 is 2.04 bits per heavy atom. The van der Waals surface area contributed by atoms with Crippen molar-refractivity contribution in [3.63, 3.8) is 0 Å². The predicted octanol–water partition coefficient (Wildman–Crippen LogP) is 3.05. The van der Waals surface area contributed by atoms with Crippen molar-refractivity contribution in [2.24, 2.45) is 0 Å². The molecule has 0 saturated carbocycles. The lowest BCUT2D eigenvalue weighted by molar-refractivity contribution is -0.141. The number of alkyl halides is 3. The minimum absolute atomic E-state index is 0.0462. The number of aromatic nitrogens is 3. The van der Waals surface area contributed by atoms with Crippen molar-refractivity contribution in [2.45, 2.75) is 30.0 Å². The summed E-state index contributed by atoms with van der Waals surface area (Å²) in [5.41, 5.74) is -1.05. The van der Waals surface area contributed by atoms with Gasteiger partial charge < -0.3 is 9.64 Å². The van der Waals surface area contributed by atoms with Crippen molar-refractivity contribution in [2.75, 3.05) is 18.8 Å². The molecule has 0 radical (unpaired) electrons. The fraction of sp³-hybridized carbons (Fsp3) is 0.412. The molecule has 0 aliphatic carbocycles. The summed E-state index contributed by atoms with van der Waals surface area (Å²) >= 11 is 1.41. The van der Waals surface area contributed by atoms with Gasteiger partial charge in [-0.1, -0.05) is 0 Å². The SMILES string of the molecule is O=C(CSc1ccncc1)N1CCCC(Oc2nccc(C(F)(F)F)n2)C1. The van der Waals surface area contributed by atoms with E-state index in [-0.39, 0.29) is 17.7 Å². The number of halogens is 3. The fourth-order valence-electron chi connectivity index (χ4n) is 2.64. The van der Waals surface area contributed by atoms with Gasteiger partial charge in [-0.05, 0) is 31.0 Å². The smallest absolute Gasteiger partial charge is 0.433 e. The van der Waals surface area contributed by atoms with Crippen LogP contribution in [0.4, 0.5) is 13.2 Å². The highest BCUT2D eigenvalue weighted by atomic mass is 32.2. The summed E-state index contributed by atoms with van der Waals surface area (Å²) in [5.74, 6) is 0.228. The number of ether oxygens (including phenoxy) is 1. The molecule has 10 heteroatoms. The van der Waals surface area contributed by atoms with Gasteiger partial charge in [0.15, 0.2) is 5.69 Å². The van der Waals surface area contributed by atoms with Gasteiger partial charge in [-0.15, -0.1) is 11.8 Å². The van der Waals surface area contributed by atoms with E-state index in [1.807, 2.05) is 12.1 Å². The second kappa shape index (κ2) is 8.55. The topological polar surface area (TPSA) is 68.2 Å². The van der Waals surface area contributed by atoms with E-state index >= 15 is 0 Å². The Hall–Kier alpha value is -2.36. The van der Waals surface area contributed by atoms with Gasteiger partial charge in [0.1, 0.15) is 6.10 Å². The lowest BCUT2D eigenvalue weighted by atomic mass is 10.1. The van der Waals surface area contributed by atoms with Crippen molar-refractivity contribution in [1.29, 1.82) is 0 Å². The summed E-state index contributed by atoms with van der Waals surface area (Å²) in [6, 6.07) is 4.12. The third-order valence-electron chi connectivity index (χ3n) is 3.94. The number of pyridine rings is 1. The highest BCUT2D eigenvalue weighted by Crippen LogP contribution is 2.28. The lowest BCUT2D eigenvalue weighted by Crippen LogP contribution is -2.45. The molecule has 0 bridgehead atoms. The first-order valence-electron chi connectivity index (χ1n) is 8.29. The van der Waals surface area contributed by atoms with E-state index < -0.39 is 18.0 Å². The van der Waals surface area contributed by atoms with Crippen LogP contribution in [0.25, 0.3) is 0 Å². The molecular weight excluding hydrogens is 381 g/mol. The number of rotatable bonds is 5. The van der Waals surface area contributed by atoms with Crippen molar-refractivity contribution in [3.8, 4) is 6.01 Å². The molecule has 1 fully saturated rings. The molecule has 1 amide bonds. The van der Waals surface area contributed by atoms with Crippen LogP contribution in [-0.4, -0.2) is 50.7 Å². The Morgan fingerprint density at radius 3 is 2.78 bits per heavy atom. The first-order chi connectivity index (χ1) is 12.9. The third kappa shape index (κ3) is 5.56. The van der Waals surface area contributed by atoms with E-state index in [0.29, 0.717) is 25.9 Å². The molecule has 3 heterocycles. The zero-order valence-electron chi connectivity index (χ0n) is 14.2. The Bertz CT molecular complexity index is 776. The highest BCUT2D eigenvalue weighted by molar-refractivity contribution is 8.00. The molecule has 144 valence electrons. The molecule has 1 unspecified atom stereocenters. The molecule has 2 aromatic rings. The van der Waals surface area contributed by atoms with Gasteiger partial charge in [-0.25, -0.2) is 4.98 Å². The Labute approximate surface area is 158 Å². The Balaban J connectivity index is 1.55. The number of thioether (sulfide) groups is 1. The quantitative estimate of drug-likeness (QED) is 0.721. The molecule has 0 aromatic carbocycles. The Kier molecular flexibility index (Phi) is 6.15. The number of likely N-dealkylation sites (tertiary alicyclic amines) is 1. The molecule has 27 heavy (non-hydrogen) atoms.